The van der Waals surface area contributed by atoms with Crippen molar-refractivity contribution < 1.29 is 9.47 Å². The van der Waals surface area contributed by atoms with Crippen LogP contribution in [0.5, 0.6) is 0 Å². The van der Waals surface area contributed by atoms with Gasteiger partial charge in [0.25, 0.3) is 0 Å². The molecule has 0 aromatic rings. The van der Waals surface area contributed by atoms with Crippen LogP contribution in [0, 0.1) is 0 Å². The van der Waals surface area contributed by atoms with Crippen molar-refractivity contribution in [3.05, 3.63) is 0 Å². The summed E-state index contributed by atoms with van der Waals surface area (Å²) in [5.74, 6) is 0.670. The summed E-state index contributed by atoms with van der Waals surface area (Å²) >= 11 is 5.77. The summed E-state index contributed by atoms with van der Waals surface area (Å²) < 4.78 is 10.8. The van der Waals surface area contributed by atoms with Gasteiger partial charge in [0.2, 0.25) is 0 Å². The van der Waals surface area contributed by atoms with Crippen LogP contribution in [0.3, 0.4) is 0 Å². The minimum absolute atomic E-state index is 0.0964. The molecule has 14 heavy (non-hydrogen) atoms. The van der Waals surface area contributed by atoms with Crippen LogP contribution < -0.4 is 0 Å². The van der Waals surface area contributed by atoms with Crippen molar-refractivity contribution >= 4 is 11.6 Å². The van der Waals surface area contributed by atoms with Crippen LogP contribution in [0.15, 0.2) is 0 Å². The minimum atomic E-state index is 0.0964. The molecule has 1 aliphatic heterocycles. The molecule has 1 fully saturated rings. The zero-order valence-electron chi connectivity index (χ0n) is 9.25. The maximum absolute atomic E-state index is 5.77. The number of rotatable bonds is 4. The number of methoxy groups -OCH3 is 1. The zero-order chi connectivity index (χ0) is 10.6. The normalized spacial score (nSPS) is 27.9. The summed E-state index contributed by atoms with van der Waals surface area (Å²) in [6, 6.07) is 0. The highest BCUT2D eigenvalue weighted by molar-refractivity contribution is 6.18. The number of hydrogen-bond acceptors (Lipinski definition) is 3. The lowest BCUT2D eigenvalue weighted by molar-refractivity contribution is -0.115. The fourth-order valence-electron chi connectivity index (χ4n) is 1.74. The highest BCUT2D eigenvalue weighted by Gasteiger charge is 2.34. The van der Waals surface area contributed by atoms with E-state index in [2.05, 4.69) is 18.7 Å². The second kappa shape index (κ2) is 5.31. The van der Waals surface area contributed by atoms with E-state index >= 15 is 0 Å². The summed E-state index contributed by atoms with van der Waals surface area (Å²) in [7, 11) is 1.70. The Balaban J connectivity index is 2.49. The molecular weight excluding hydrogens is 202 g/mol. The Morgan fingerprint density at radius 3 is 2.86 bits per heavy atom. The molecular formula is C10H20ClNO2. The Labute approximate surface area is 91.3 Å². The summed E-state index contributed by atoms with van der Waals surface area (Å²) in [5.41, 5.74) is 0.0964. The van der Waals surface area contributed by atoms with Crippen molar-refractivity contribution in [2.45, 2.75) is 25.5 Å². The molecule has 0 radical (unpaired) electrons. The largest absolute Gasteiger partial charge is 0.382 e. The van der Waals surface area contributed by atoms with Crippen molar-refractivity contribution in [3.63, 3.8) is 0 Å². The SMILES string of the molecule is COCC1CN(CCCl)C(C)(C)CO1. The molecule has 0 amide bonds. The standard InChI is InChI=1S/C10H20ClNO2/c1-10(2)8-14-9(7-13-3)6-12(10)5-4-11/h9H,4-8H2,1-3H3. The minimum Gasteiger partial charge on any atom is -0.382 e. The van der Waals surface area contributed by atoms with Gasteiger partial charge < -0.3 is 9.47 Å². The molecule has 1 heterocycles. The number of hydrogen-bond donors (Lipinski definition) is 0. The second-order valence-electron chi connectivity index (χ2n) is 4.34. The third-order valence-electron chi connectivity index (χ3n) is 2.66. The topological polar surface area (TPSA) is 21.7 Å². The van der Waals surface area contributed by atoms with Crippen LogP contribution in [0.25, 0.3) is 0 Å². The van der Waals surface area contributed by atoms with Gasteiger partial charge in [-0.1, -0.05) is 0 Å². The van der Waals surface area contributed by atoms with E-state index in [9.17, 15) is 0 Å². The monoisotopic (exact) mass is 221 g/mol. The smallest absolute Gasteiger partial charge is 0.0935 e. The van der Waals surface area contributed by atoms with Gasteiger partial charge in [-0.25, -0.2) is 0 Å². The van der Waals surface area contributed by atoms with Crippen molar-refractivity contribution in [3.8, 4) is 0 Å². The van der Waals surface area contributed by atoms with Crippen molar-refractivity contribution in [2.24, 2.45) is 0 Å². The molecule has 0 bridgehead atoms. The first-order valence-corrected chi connectivity index (χ1v) is 5.55. The van der Waals surface area contributed by atoms with Crippen LogP contribution >= 0.6 is 11.6 Å². The van der Waals surface area contributed by atoms with Crippen molar-refractivity contribution in [1.29, 1.82) is 0 Å². The van der Waals surface area contributed by atoms with Gasteiger partial charge in [-0.05, 0) is 13.8 Å². The van der Waals surface area contributed by atoms with E-state index in [0.29, 0.717) is 12.5 Å². The van der Waals surface area contributed by atoms with Crippen LogP contribution in [-0.4, -0.2) is 55.8 Å². The Kier molecular flexibility index (Phi) is 4.64. The predicted molar refractivity (Wildman–Crippen MR) is 58.0 cm³/mol. The molecule has 1 saturated heterocycles. The van der Waals surface area contributed by atoms with E-state index in [4.69, 9.17) is 21.1 Å². The summed E-state index contributed by atoms with van der Waals surface area (Å²) in [5, 5.41) is 0. The molecule has 0 N–H and O–H groups in total. The first kappa shape index (κ1) is 12.2. The Hall–Kier alpha value is 0.170. The molecule has 3 nitrogen and oxygen atoms in total. The number of nitrogens with zero attached hydrogens (tertiary/aromatic N) is 1. The maximum atomic E-state index is 5.77. The van der Waals surface area contributed by atoms with Gasteiger partial charge in [-0.2, -0.15) is 0 Å². The van der Waals surface area contributed by atoms with Crippen LogP contribution in [0.2, 0.25) is 0 Å². The number of halogens is 1. The van der Waals surface area contributed by atoms with Crippen LogP contribution in [-0.2, 0) is 9.47 Å². The molecule has 0 aromatic heterocycles. The van der Waals surface area contributed by atoms with Gasteiger partial charge in [0.05, 0.1) is 19.3 Å². The lowest BCUT2D eigenvalue weighted by atomic mass is 10.0. The number of ether oxygens (including phenoxy) is 2. The lowest BCUT2D eigenvalue weighted by Crippen LogP contribution is -2.57. The third-order valence-corrected chi connectivity index (χ3v) is 2.83. The molecule has 1 atom stereocenters. The van der Waals surface area contributed by atoms with Crippen LogP contribution in [0.4, 0.5) is 0 Å². The Bertz CT molecular complexity index is 176. The molecule has 0 saturated carbocycles. The second-order valence-corrected chi connectivity index (χ2v) is 4.71. The van der Waals surface area contributed by atoms with Gasteiger partial charge in [-0.15, -0.1) is 11.6 Å². The Morgan fingerprint density at radius 2 is 2.29 bits per heavy atom. The number of alkyl halides is 1. The molecule has 1 rings (SSSR count). The van der Waals surface area contributed by atoms with E-state index in [1.54, 1.807) is 7.11 Å². The molecule has 4 heteroatoms. The predicted octanol–water partition coefficient (Wildman–Crippen LogP) is 1.35. The van der Waals surface area contributed by atoms with Crippen LogP contribution in [0.1, 0.15) is 13.8 Å². The quantitative estimate of drug-likeness (QED) is 0.669. The maximum Gasteiger partial charge on any atom is 0.0935 e. The molecule has 1 unspecified atom stereocenters. The average Bonchev–Trinajstić information content (AvgIpc) is 2.12. The fraction of sp³-hybridized carbons (Fsp3) is 1.00. The summed E-state index contributed by atoms with van der Waals surface area (Å²) in [6.07, 6.45) is 0.191. The molecule has 0 aliphatic carbocycles. The lowest BCUT2D eigenvalue weighted by Gasteiger charge is -2.45. The van der Waals surface area contributed by atoms with E-state index in [1.807, 2.05) is 0 Å². The summed E-state index contributed by atoms with van der Waals surface area (Å²) in [4.78, 5) is 2.37. The molecule has 0 spiro atoms. The molecule has 0 aromatic carbocycles. The summed E-state index contributed by atoms with van der Waals surface area (Å²) in [6.45, 7) is 7.60. The first-order chi connectivity index (χ1) is 6.60. The third kappa shape index (κ3) is 3.09. The average molecular weight is 222 g/mol. The Morgan fingerprint density at radius 1 is 1.57 bits per heavy atom. The van der Waals surface area contributed by atoms with E-state index in [1.165, 1.54) is 0 Å². The molecule has 84 valence electrons. The van der Waals surface area contributed by atoms with Gasteiger partial charge in [0.1, 0.15) is 0 Å². The highest BCUT2D eigenvalue weighted by atomic mass is 35.5. The van der Waals surface area contributed by atoms with Gasteiger partial charge in [0, 0.05) is 31.6 Å². The van der Waals surface area contributed by atoms with Gasteiger partial charge in [0.15, 0.2) is 0 Å². The highest BCUT2D eigenvalue weighted by Crippen LogP contribution is 2.21. The van der Waals surface area contributed by atoms with Crippen molar-refractivity contribution in [2.75, 3.05) is 39.3 Å². The molecule has 1 aliphatic rings. The van der Waals surface area contributed by atoms with Crippen molar-refractivity contribution in [1.82, 2.24) is 4.90 Å². The zero-order valence-corrected chi connectivity index (χ0v) is 10.0. The van der Waals surface area contributed by atoms with Gasteiger partial charge in [-0.3, -0.25) is 4.90 Å². The van der Waals surface area contributed by atoms with E-state index in [0.717, 1.165) is 19.7 Å². The first-order valence-electron chi connectivity index (χ1n) is 5.01. The number of morpholine rings is 1. The van der Waals surface area contributed by atoms with E-state index in [-0.39, 0.29) is 11.6 Å². The fourth-order valence-corrected chi connectivity index (χ4v) is 1.95. The van der Waals surface area contributed by atoms with E-state index < -0.39 is 0 Å². The van der Waals surface area contributed by atoms with Gasteiger partial charge >= 0.3 is 0 Å².